The standard InChI is InChI=1S/C20H28N2O2/c1-14-11-17(14)19(23)22-12-15-5-3-4-6-18(15)24-20(13-22)9-7-16(21-2)8-10-20/h3-6,14,16-17,21H,7-13H2,1-2H3/t14-,16?,17-,20?/m1/s1. The number of ether oxygens (including phenoxy) is 1. The van der Waals surface area contributed by atoms with Crippen molar-refractivity contribution in [2.45, 2.75) is 57.2 Å². The molecule has 1 aliphatic heterocycles. The van der Waals surface area contributed by atoms with Crippen molar-refractivity contribution in [1.29, 1.82) is 0 Å². The number of fused-ring (bicyclic) bond motifs is 1. The van der Waals surface area contributed by atoms with Crippen LogP contribution < -0.4 is 10.1 Å². The highest BCUT2D eigenvalue weighted by Gasteiger charge is 2.46. The molecule has 2 fully saturated rings. The number of hydrogen-bond acceptors (Lipinski definition) is 3. The van der Waals surface area contributed by atoms with Gasteiger partial charge in [-0.1, -0.05) is 25.1 Å². The van der Waals surface area contributed by atoms with Gasteiger partial charge in [0.05, 0.1) is 6.54 Å². The Morgan fingerprint density at radius 2 is 2.00 bits per heavy atom. The summed E-state index contributed by atoms with van der Waals surface area (Å²) in [6, 6.07) is 8.82. The lowest BCUT2D eigenvalue weighted by Gasteiger charge is -2.41. The Balaban J connectivity index is 1.61. The predicted molar refractivity (Wildman–Crippen MR) is 93.8 cm³/mol. The summed E-state index contributed by atoms with van der Waals surface area (Å²) in [7, 11) is 2.04. The van der Waals surface area contributed by atoms with Crippen molar-refractivity contribution in [1.82, 2.24) is 10.2 Å². The Morgan fingerprint density at radius 1 is 1.29 bits per heavy atom. The smallest absolute Gasteiger partial charge is 0.226 e. The fraction of sp³-hybridized carbons (Fsp3) is 0.650. The fourth-order valence-corrected chi connectivity index (χ4v) is 4.36. The van der Waals surface area contributed by atoms with Crippen LogP contribution in [0.15, 0.2) is 24.3 Å². The monoisotopic (exact) mass is 328 g/mol. The summed E-state index contributed by atoms with van der Waals surface area (Å²) in [6.07, 6.45) is 5.29. The minimum absolute atomic E-state index is 0.215. The lowest BCUT2D eigenvalue weighted by molar-refractivity contribution is -0.136. The highest BCUT2D eigenvalue weighted by molar-refractivity contribution is 5.81. The zero-order valence-corrected chi connectivity index (χ0v) is 14.8. The number of hydrogen-bond donors (Lipinski definition) is 1. The average molecular weight is 328 g/mol. The molecule has 3 aliphatic rings. The van der Waals surface area contributed by atoms with Gasteiger partial charge in [0.25, 0.3) is 0 Å². The maximum absolute atomic E-state index is 12.9. The predicted octanol–water partition coefficient (Wildman–Crippen LogP) is 2.96. The highest BCUT2D eigenvalue weighted by atomic mass is 16.5. The van der Waals surface area contributed by atoms with Gasteiger partial charge in [0.15, 0.2) is 0 Å². The van der Waals surface area contributed by atoms with Crippen LogP contribution in [0.2, 0.25) is 0 Å². The number of para-hydroxylation sites is 1. The molecule has 0 aromatic heterocycles. The molecular formula is C20H28N2O2. The van der Waals surface area contributed by atoms with Crippen molar-refractivity contribution < 1.29 is 9.53 Å². The maximum Gasteiger partial charge on any atom is 0.226 e. The van der Waals surface area contributed by atoms with E-state index in [2.05, 4.69) is 29.3 Å². The van der Waals surface area contributed by atoms with Gasteiger partial charge in [-0.2, -0.15) is 0 Å². The quantitative estimate of drug-likeness (QED) is 0.907. The van der Waals surface area contributed by atoms with Crippen LogP contribution in [0, 0.1) is 11.8 Å². The van der Waals surface area contributed by atoms with E-state index in [4.69, 9.17) is 4.74 Å². The molecule has 4 nitrogen and oxygen atoms in total. The van der Waals surface area contributed by atoms with Crippen molar-refractivity contribution in [2.75, 3.05) is 13.6 Å². The van der Waals surface area contributed by atoms with Crippen molar-refractivity contribution >= 4 is 5.91 Å². The molecule has 1 aromatic carbocycles. The average Bonchev–Trinajstić information content (AvgIpc) is 3.35. The second-order valence-corrected chi connectivity index (χ2v) is 7.97. The molecule has 0 unspecified atom stereocenters. The van der Waals surface area contributed by atoms with Crippen molar-refractivity contribution in [2.24, 2.45) is 11.8 Å². The number of rotatable bonds is 2. The molecule has 4 heteroatoms. The van der Waals surface area contributed by atoms with Gasteiger partial charge in [0, 0.05) is 24.1 Å². The van der Waals surface area contributed by atoms with E-state index >= 15 is 0 Å². The van der Waals surface area contributed by atoms with Crippen LogP contribution in [0.1, 0.15) is 44.6 Å². The number of carbonyl (C=O) groups is 1. The zero-order chi connectivity index (χ0) is 16.7. The Kier molecular flexibility index (Phi) is 4.03. The summed E-state index contributed by atoms with van der Waals surface area (Å²) >= 11 is 0. The van der Waals surface area contributed by atoms with Crippen LogP contribution in [0.3, 0.4) is 0 Å². The first kappa shape index (κ1) is 15.9. The van der Waals surface area contributed by atoms with Gasteiger partial charge < -0.3 is 15.0 Å². The Bertz CT molecular complexity index is 622. The lowest BCUT2D eigenvalue weighted by Crippen LogP contribution is -2.51. The third kappa shape index (κ3) is 2.92. The van der Waals surface area contributed by atoms with Gasteiger partial charge in [0.1, 0.15) is 11.4 Å². The lowest BCUT2D eigenvalue weighted by atomic mass is 9.81. The molecule has 130 valence electrons. The van der Waals surface area contributed by atoms with Crippen LogP contribution in [0.25, 0.3) is 0 Å². The van der Waals surface area contributed by atoms with Crippen molar-refractivity contribution in [3.05, 3.63) is 29.8 Å². The molecule has 0 saturated heterocycles. The molecule has 2 saturated carbocycles. The Morgan fingerprint density at radius 3 is 2.67 bits per heavy atom. The molecule has 1 spiro atoms. The third-order valence-corrected chi connectivity index (χ3v) is 6.18. The number of amides is 1. The SMILES string of the molecule is CNC1CCC2(CC1)CN(C(=O)[C@@H]1C[C@H]1C)Cc1ccccc1O2. The summed E-state index contributed by atoms with van der Waals surface area (Å²) in [6.45, 7) is 3.61. The van der Waals surface area contributed by atoms with Crippen LogP contribution in [-0.4, -0.2) is 36.0 Å². The summed E-state index contributed by atoms with van der Waals surface area (Å²) in [5.41, 5.74) is 0.931. The summed E-state index contributed by atoms with van der Waals surface area (Å²) in [5.74, 6) is 2.09. The summed E-state index contributed by atoms with van der Waals surface area (Å²) < 4.78 is 6.56. The second-order valence-electron chi connectivity index (χ2n) is 7.97. The molecule has 0 bridgehead atoms. The van der Waals surface area contributed by atoms with E-state index in [1.54, 1.807) is 0 Å². The molecule has 2 aliphatic carbocycles. The second kappa shape index (κ2) is 6.07. The minimum atomic E-state index is -0.215. The van der Waals surface area contributed by atoms with E-state index in [-0.39, 0.29) is 11.5 Å². The van der Waals surface area contributed by atoms with Gasteiger partial charge in [-0.05, 0) is 51.1 Å². The van der Waals surface area contributed by atoms with E-state index in [0.717, 1.165) is 50.0 Å². The normalized spacial score (nSPS) is 35.1. The highest BCUT2D eigenvalue weighted by Crippen LogP contribution is 2.43. The molecule has 1 heterocycles. The van der Waals surface area contributed by atoms with Gasteiger partial charge >= 0.3 is 0 Å². The molecule has 0 radical (unpaired) electrons. The molecule has 1 aromatic rings. The summed E-state index contributed by atoms with van der Waals surface area (Å²) in [5, 5.41) is 3.39. The van der Waals surface area contributed by atoms with E-state index in [9.17, 15) is 4.79 Å². The Hall–Kier alpha value is -1.55. The first-order valence-electron chi connectivity index (χ1n) is 9.33. The van der Waals surface area contributed by atoms with E-state index in [0.29, 0.717) is 24.4 Å². The largest absolute Gasteiger partial charge is 0.485 e. The van der Waals surface area contributed by atoms with Gasteiger partial charge in [-0.15, -0.1) is 0 Å². The first-order valence-corrected chi connectivity index (χ1v) is 9.33. The summed E-state index contributed by atoms with van der Waals surface area (Å²) in [4.78, 5) is 15.0. The molecule has 1 amide bonds. The van der Waals surface area contributed by atoms with Gasteiger partial charge in [-0.3, -0.25) is 4.79 Å². The molecule has 2 atom stereocenters. The van der Waals surface area contributed by atoms with E-state index in [1.165, 1.54) is 0 Å². The third-order valence-electron chi connectivity index (χ3n) is 6.18. The topological polar surface area (TPSA) is 41.6 Å². The van der Waals surface area contributed by atoms with E-state index in [1.807, 2.05) is 19.2 Å². The molecule has 1 N–H and O–H groups in total. The molecule has 24 heavy (non-hydrogen) atoms. The minimum Gasteiger partial charge on any atom is -0.485 e. The van der Waals surface area contributed by atoms with Gasteiger partial charge in [-0.25, -0.2) is 0 Å². The van der Waals surface area contributed by atoms with Crippen molar-refractivity contribution in [3.8, 4) is 5.75 Å². The number of nitrogens with zero attached hydrogens (tertiary/aromatic N) is 1. The van der Waals surface area contributed by atoms with Crippen LogP contribution in [0.4, 0.5) is 0 Å². The maximum atomic E-state index is 12.9. The number of nitrogens with one attached hydrogen (secondary N) is 1. The molecule has 4 rings (SSSR count). The van der Waals surface area contributed by atoms with Crippen LogP contribution in [-0.2, 0) is 11.3 Å². The number of benzene rings is 1. The van der Waals surface area contributed by atoms with Crippen LogP contribution in [0.5, 0.6) is 5.75 Å². The molecular weight excluding hydrogens is 300 g/mol. The van der Waals surface area contributed by atoms with Gasteiger partial charge in [0.2, 0.25) is 5.91 Å². The van der Waals surface area contributed by atoms with E-state index < -0.39 is 0 Å². The zero-order valence-electron chi connectivity index (χ0n) is 14.8. The first-order chi connectivity index (χ1) is 11.6. The Labute approximate surface area is 144 Å². The fourth-order valence-electron chi connectivity index (χ4n) is 4.36. The van der Waals surface area contributed by atoms with Crippen LogP contribution >= 0.6 is 0 Å². The number of carbonyl (C=O) groups excluding carboxylic acids is 1. The van der Waals surface area contributed by atoms with Crippen molar-refractivity contribution in [3.63, 3.8) is 0 Å².